The lowest BCUT2D eigenvalue weighted by Crippen LogP contribution is -2.30. The van der Waals surface area contributed by atoms with Gasteiger partial charge in [0.1, 0.15) is 11.6 Å². The summed E-state index contributed by atoms with van der Waals surface area (Å²) in [5.74, 6) is 2.71. The molecule has 0 aliphatic carbocycles. The lowest BCUT2D eigenvalue weighted by Gasteiger charge is -2.27. The Balaban J connectivity index is 2.84. The summed E-state index contributed by atoms with van der Waals surface area (Å²) in [6.45, 7) is 15.2. The van der Waals surface area contributed by atoms with Gasteiger partial charge in [-0.05, 0) is 45.7 Å². The van der Waals surface area contributed by atoms with Crippen LogP contribution in [0.25, 0.3) is 0 Å². The average molecular weight is 263 g/mol. The van der Waals surface area contributed by atoms with Crippen molar-refractivity contribution in [2.45, 2.75) is 53.5 Å². The molecule has 0 amide bonds. The minimum Gasteiger partial charge on any atom is -0.365 e. The minimum atomic E-state index is 0.0410. The first-order valence-corrected chi connectivity index (χ1v) is 7.36. The van der Waals surface area contributed by atoms with Crippen molar-refractivity contribution in [3.8, 4) is 0 Å². The zero-order valence-electron chi connectivity index (χ0n) is 13.3. The van der Waals surface area contributed by atoms with Gasteiger partial charge in [-0.25, -0.2) is 4.98 Å². The van der Waals surface area contributed by atoms with Gasteiger partial charge in [0.15, 0.2) is 0 Å². The van der Waals surface area contributed by atoms with Crippen LogP contribution in [0.5, 0.6) is 0 Å². The molecule has 0 saturated heterocycles. The van der Waals surface area contributed by atoms with Crippen LogP contribution in [0, 0.1) is 5.92 Å². The van der Waals surface area contributed by atoms with E-state index in [-0.39, 0.29) is 5.54 Å². The Kier molecular flexibility index (Phi) is 5.64. The average Bonchev–Trinajstić information content (AvgIpc) is 2.33. The Labute approximate surface area is 118 Å². The molecule has 1 heterocycles. The van der Waals surface area contributed by atoms with Crippen LogP contribution in [0.2, 0.25) is 0 Å². The van der Waals surface area contributed by atoms with E-state index in [1.807, 2.05) is 6.07 Å². The predicted octanol–water partition coefficient (Wildman–Crippen LogP) is 4.16. The molecule has 0 aromatic carbocycles. The standard InChI is InChI=1S/C16H29N3/c1-7-13(3)12-19(8-2)15-11-9-10-14(17-15)18-16(4,5)6/h9-11,13H,7-8,12H2,1-6H3,(H,17,18). The lowest BCUT2D eigenvalue weighted by molar-refractivity contribution is 0.545. The largest absolute Gasteiger partial charge is 0.365 e. The van der Waals surface area contributed by atoms with Crippen LogP contribution in [0.4, 0.5) is 11.6 Å². The summed E-state index contributed by atoms with van der Waals surface area (Å²) in [5, 5.41) is 3.43. The summed E-state index contributed by atoms with van der Waals surface area (Å²) in [4.78, 5) is 7.08. The third-order valence-electron chi connectivity index (χ3n) is 3.17. The first-order chi connectivity index (χ1) is 8.85. The molecule has 3 heteroatoms. The third kappa shape index (κ3) is 5.50. The molecular formula is C16H29N3. The first-order valence-electron chi connectivity index (χ1n) is 7.36. The molecule has 3 nitrogen and oxygen atoms in total. The summed E-state index contributed by atoms with van der Waals surface area (Å²) < 4.78 is 0. The monoisotopic (exact) mass is 263 g/mol. The molecule has 0 aliphatic heterocycles. The van der Waals surface area contributed by atoms with Crippen LogP contribution in [0.1, 0.15) is 48.0 Å². The van der Waals surface area contributed by atoms with Gasteiger partial charge in [0.25, 0.3) is 0 Å². The third-order valence-corrected chi connectivity index (χ3v) is 3.17. The molecule has 0 saturated carbocycles. The maximum atomic E-state index is 4.73. The van der Waals surface area contributed by atoms with Gasteiger partial charge in [-0.15, -0.1) is 0 Å². The van der Waals surface area contributed by atoms with E-state index in [1.165, 1.54) is 6.42 Å². The molecule has 1 unspecified atom stereocenters. The van der Waals surface area contributed by atoms with Crippen molar-refractivity contribution in [2.24, 2.45) is 5.92 Å². The smallest absolute Gasteiger partial charge is 0.130 e. The fourth-order valence-corrected chi connectivity index (χ4v) is 1.94. The fraction of sp³-hybridized carbons (Fsp3) is 0.688. The Hall–Kier alpha value is -1.25. The van der Waals surface area contributed by atoms with E-state index in [9.17, 15) is 0 Å². The number of nitrogens with zero attached hydrogens (tertiary/aromatic N) is 2. The molecule has 0 aliphatic rings. The van der Waals surface area contributed by atoms with Crippen molar-refractivity contribution in [3.63, 3.8) is 0 Å². The highest BCUT2D eigenvalue weighted by atomic mass is 15.2. The summed E-state index contributed by atoms with van der Waals surface area (Å²) in [5.41, 5.74) is 0.0410. The molecule has 1 atom stereocenters. The second-order valence-electron chi connectivity index (χ2n) is 6.31. The number of pyridine rings is 1. The van der Waals surface area contributed by atoms with Gasteiger partial charge in [0.05, 0.1) is 0 Å². The first kappa shape index (κ1) is 15.8. The highest BCUT2D eigenvalue weighted by Gasteiger charge is 2.13. The molecule has 1 N–H and O–H groups in total. The summed E-state index contributed by atoms with van der Waals surface area (Å²) >= 11 is 0. The Bertz CT molecular complexity index is 382. The van der Waals surface area contributed by atoms with Gasteiger partial charge in [0, 0.05) is 18.6 Å². The van der Waals surface area contributed by atoms with Crippen LogP contribution in [0.3, 0.4) is 0 Å². The molecule has 0 spiro atoms. The van der Waals surface area contributed by atoms with Crippen LogP contribution in [-0.4, -0.2) is 23.6 Å². The maximum absolute atomic E-state index is 4.73. The second-order valence-corrected chi connectivity index (χ2v) is 6.31. The van der Waals surface area contributed by atoms with E-state index in [2.05, 4.69) is 63.9 Å². The number of hydrogen-bond acceptors (Lipinski definition) is 3. The van der Waals surface area contributed by atoms with E-state index in [4.69, 9.17) is 4.98 Å². The molecule has 0 fully saturated rings. The lowest BCUT2D eigenvalue weighted by atomic mass is 10.1. The molecular weight excluding hydrogens is 234 g/mol. The van der Waals surface area contributed by atoms with Crippen LogP contribution in [-0.2, 0) is 0 Å². The van der Waals surface area contributed by atoms with Gasteiger partial charge >= 0.3 is 0 Å². The van der Waals surface area contributed by atoms with Gasteiger partial charge in [0.2, 0.25) is 0 Å². The molecule has 1 aromatic heterocycles. The number of aromatic nitrogens is 1. The Morgan fingerprint density at radius 2 is 1.95 bits per heavy atom. The van der Waals surface area contributed by atoms with Crippen molar-refractivity contribution in [1.82, 2.24) is 4.98 Å². The molecule has 108 valence electrons. The zero-order chi connectivity index (χ0) is 14.5. The topological polar surface area (TPSA) is 28.2 Å². The van der Waals surface area contributed by atoms with Crippen LogP contribution >= 0.6 is 0 Å². The highest BCUT2D eigenvalue weighted by molar-refractivity contribution is 5.48. The Morgan fingerprint density at radius 3 is 2.47 bits per heavy atom. The zero-order valence-corrected chi connectivity index (χ0v) is 13.3. The maximum Gasteiger partial charge on any atom is 0.130 e. The second kappa shape index (κ2) is 6.78. The van der Waals surface area contributed by atoms with Gasteiger partial charge in [-0.1, -0.05) is 26.3 Å². The van der Waals surface area contributed by atoms with Gasteiger partial charge in [-0.2, -0.15) is 0 Å². The summed E-state index contributed by atoms with van der Waals surface area (Å²) in [6.07, 6.45) is 1.20. The fourth-order valence-electron chi connectivity index (χ4n) is 1.94. The van der Waals surface area contributed by atoms with Crippen molar-refractivity contribution in [2.75, 3.05) is 23.3 Å². The van der Waals surface area contributed by atoms with Crippen molar-refractivity contribution in [3.05, 3.63) is 18.2 Å². The SMILES string of the molecule is CCC(C)CN(CC)c1cccc(NC(C)(C)C)n1. The number of rotatable bonds is 6. The molecule has 0 radical (unpaired) electrons. The number of nitrogens with one attached hydrogen (secondary N) is 1. The highest BCUT2D eigenvalue weighted by Crippen LogP contribution is 2.19. The van der Waals surface area contributed by atoms with E-state index in [1.54, 1.807) is 0 Å². The number of hydrogen-bond donors (Lipinski definition) is 1. The van der Waals surface area contributed by atoms with Crippen LogP contribution in [0.15, 0.2) is 18.2 Å². The quantitative estimate of drug-likeness (QED) is 0.835. The molecule has 1 aromatic rings. The van der Waals surface area contributed by atoms with E-state index < -0.39 is 0 Å². The van der Waals surface area contributed by atoms with Gasteiger partial charge in [-0.3, -0.25) is 0 Å². The molecule has 1 rings (SSSR count). The molecule has 0 bridgehead atoms. The van der Waals surface area contributed by atoms with Crippen molar-refractivity contribution >= 4 is 11.6 Å². The van der Waals surface area contributed by atoms with Crippen molar-refractivity contribution in [1.29, 1.82) is 0 Å². The minimum absolute atomic E-state index is 0.0410. The Morgan fingerprint density at radius 1 is 1.26 bits per heavy atom. The van der Waals surface area contributed by atoms with Crippen LogP contribution < -0.4 is 10.2 Å². The van der Waals surface area contributed by atoms with E-state index in [0.717, 1.165) is 24.7 Å². The molecule has 19 heavy (non-hydrogen) atoms. The van der Waals surface area contributed by atoms with Crippen molar-refractivity contribution < 1.29 is 0 Å². The summed E-state index contributed by atoms with van der Waals surface area (Å²) in [7, 11) is 0. The summed E-state index contributed by atoms with van der Waals surface area (Å²) in [6, 6.07) is 6.21. The van der Waals surface area contributed by atoms with E-state index >= 15 is 0 Å². The van der Waals surface area contributed by atoms with Gasteiger partial charge < -0.3 is 10.2 Å². The number of anilines is 2. The normalized spacial score (nSPS) is 13.2. The van der Waals surface area contributed by atoms with E-state index in [0.29, 0.717) is 5.92 Å². The predicted molar refractivity (Wildman–Crippen MR) is 85.0 cm³/mol.